The number of aryl methyl sites for hydroxylation is 1. The van der Waals surface area contributed by atoms with E-state index in [2.05, 4.69) is 0 Å². The van der Waals surface area contributed by atoms with Crippen LogP contribution in [0.5, 0.6) is 0 Å². The van der Waals surface area contributed by atoms with Crippen molar-refractivity contribution in [3.8, 4) is 0 Å². The fraction of sp³-hybridized carbons (Fsp3) is 0.571. The number of rotatable bonds is 4. The van der Waals surface area contributed by atoms with Crippen molar-refractivity contribution in [3.05, 3.63) is 33.8 Å². The van der Waals surface area contributed by atoms with E-state index in [1.807, 2.05) is 32.9 Å². The molecule has 1 aromatic rings. The number of aliphatic hydroxyl groups is 1. The zero-order chi connectivity index (χ0) is 13.1. The molecule has 1 atom stereocenters. The van der Waals surface area contributed by atoms with Gasteiger partial charge in [-0.3, -0.25) is 0 Å². The topological polar surface area (TPSA) is 20.2 Å². The molecule has 1 rings (SSSR count). The summed E-state index contributed by atoms with van der Waals surface area (Å²) in [6, 6.07) is 5.50. The Labute approximate surface area is 114 Å². The first-order valence-electron chi connectivity index (χ1n) is 5.92. The lowest BCUT2D eigenvalue weighted by Crippen LogP contribution is -2.25. The van der Waals surface area contributed by atoms with Gasteiger partial charge in [-0.05, 0) is 48.4 Å². The van der Waals surface area contributed by atoms with Gasteiger partial charge in [0.15, 0.2) is 0 Å². The highest BCUT2D eigenvalue weighted by Gasteiger charge is 2.21. The number of benzene rings is 1. The number of aliphatic hydroxyl groups excluding tert-OH is 1. The summed E-state index contributed by atoms with van der Waals surface area (Å²) in [5, 5.41) is 11.4. The maximum Gasteiger partial charge on any atom is 0.0588 e. The van der Waals surface area contributed by atoms with Crippen molar-refractivity contribution in [2.24, 2.45) is 5.41 Å². The Balaban J connectivity index is 2.49. The third-order valence-corrected chi connectivity index (χ3v) is 3.53. The first kappa shape index (κ1) is 14.8. The van der Waals surface area contributed by atoms with E-state index in [1.165, 1.54) is 0 Å². The molecular weight excluding hydrogens is 255 g/mol. The molecule has 0 bridgehead atoms. The maximum absolute atomic E-state index is 9.93. The van der Waals surface area contributed by atoms with Gasteiger partial charge in [-0.15, -0.1) is 0 Å². The Morgan fingerprint density at radius 3 is 2.47 bits per heavy atom. The zero-order valence-corrected chi connectivity index (χ0v) is 12.1. The van der Waals surface area contributed by atoms with Gasteiger partial charge in [0.2, 0.25) is 0 Å². The summed E-state index contributed by atoms with van der Waals surface area (Å²) in [6.07, 6.45) is 2.28. The van der Waals surface area contributed by atoms with Gasteiger partial charge in [0.1, 0.15) is 0 Å². The lowest BCUT2D eigenvalue weighted by Gasteiger charge is -2.25. The van der Waals surface area contributed by atoms with E-state index >= 15 is 0 Å². The molecule has 0 aliphatic heterocycles. The molecule has 0 saturated carbocycles. The zero-order valence-electron chi connectivity index (χ0n) is 10.6. The molecular formula is C14H20Cl2O. The van der Waals surface area contributed by atoms with Crippen molar-refractivity contribution in [1.29, 1.82) is 0 Å². The lowest BCUT2D eigenvalue weighted by molar-refractivity contribution is 0.0540. The van der Waals surface area contributed by atoms with Gasteiger partial charge in [-0.2, -0.15) is 0 Å². The fourth-order valence-electron chi connectivity index (χ4n) is 1.65. The van der Waals surface area contributed by atoms with Crippen LogP contribution in [0.3, 0.4) is 0 Å². The van der Waals surface area contributed by atoms with Crippen molar-refractivity contribution in [2.45, 2.75) is 46.1 Å². The smallest absolute Gasteiger partial charge is 0.0588 e. The highest BCUT2D eigenvalue weighted by molar-refractivity contribution is 6.33. The quantitative estimate of drug-likeness (QED) is 0.842. The number of halogens is 2. The van der Waals surface area contributed by atoms with Crippen LogP contribution >= 0.6 is 23.2 Å². The number of hydrogen-bond donors (Lipinski definition) is 1. The maximum atomic E-state index is 9.93. The van der Waals surface area contributed by atoms with Crippen LogP contribution in [0, 0.1) is 5.41 Å². The van der Waals surface area contributed by atoms with Gasteiger partial charge in [0, 0.05) is 10.0 Å². The molecule has 0 aromatic heterocycles. The van der Waals surface area contributed by atoms with E-state index in [9.17, 15) is 5.11 Å². The van der Waals surface area contributed by atoms with E-state index in [0.29, 0.717) is 5.02 Å². The summed E-state index contributed by atoms with van der Waals surface area (Å²) in [7, 11) is 0. The molecule has 0 amide bonds. The first-order valence-corrected chi connectivity index (χ1v) is 6.68. The Bertz CT molecular complexity index is 369. The van der Waals surface area contributed by atoms with Crippen molar-refractivity contribution < 1.29 is 5.11 Å². The number of hydrogen-bond acceptors (Lipinski definition) is 1. The summed E-state index contributed by atoms with van der Waals surface area (Å²) in [6.45, 7) is 6.14. The lowest BCUT2D eigenvalue weighted by atomic mass is 9.86. The van der Waals surface area contributed by atoms with Crippen LogP contribution in [0.4, 0.5) is 0 Å². The molecule has 96 valence electrons. The molecule has 3 heteroatoms. The van der Waals surface area contributed by atoms with Crippen LogP contribution in [0.25, 0.3) is 0 Å². The minimum absolute atomic E-state index is 0.0574. The Morgan fingerprint density at radius 2 is 1.88 bits per heavy atom. The van der Waals surface area contributed by atoms with Crippen LogP contribution in [-0.4, -0.2) is 11.2 Å². The predicted molar refractivity (Wildman–Crippen MR) is 74.9 cm³/mol. The van der Waals surface area contributed by atoms with Crippen LogP contribution in [0.1, 0.15) is 39.2 Å². The second-order valence-corrected chi connectivity index (χ2v) is 6.35. The summed E-state index contributed by atoms with van der Waals surface area (Å²) in [4.78, 5) is 0. The summed E-state index contributed by atoms with van der Waals surface area (Å²) < 4.78 is 0. The Hall–Kier alpha value is -0.240. The average Bonchev–Trinajstić information content (AvgIpc) is 2.21. The van der Waals surface area contributed by atoms with Gasteiger partial charge in [-0.25, -0.2) is 0 Å². The average molecular weight is 275 g/mol. The SMILES string of the molecule is CC(C)(C)C(O)CCCc1cc(Cl)ccc1Cl. The molecule has 0 aliphatic rings. The molecule has 1 unspecified atom stereocenters. The molecule has 0 fully saturated rings. The Kier molecular flexibility index (Phi) is 5.30. The van der Waals surface area contributed by atoms with Gasteiger partial charge in [0.05, 0.1) is 6.10 Å². The summed E-state index contributed by atoms with van der Waals surface area (Å²) in [5.74, 6) is 0. The van der Waals surface area contributed by atoms with E-state index in [4.69, 9.17) is 23.2 Å². The minimum Gasteiger partial charge on any atom is -0.393 e. The van der Waals surface area contributed by atoms with E-state index in [0.717, 1.165) is 29.8 Å². The monoisotopic (exact) mass is 274 g/mol. The third-order valence-electron chi connectivity index (χ3n) is 2.93. The molecule has 1 N–H and O–H groups in total. The highest BCUT2D eigenvalue weighted by Crippen LogP contribution is 2.25. The molecule has 1 aromatic carbocycles. The largest absolute Gasteiger partial charge is 0.393 e. The van der Waals surface area contributed by atoms with Crippen molar-refractivity contribution in [2.75, 3.05) is 0 Å². The molecule has 17 heavy (non-hydrogen) atoms. The first-order chi connectivity index (χ1) is 7.80. The predicted octanol–water partition coefficient (Wildman–Crippen LogP) is 4.72. The second-order valence-electron chi connectivity index (χ2n) is 5.51. The van der Waals surface area contributed by atoms with Crippen molar-refractivity contribution in [3.63, 3.8) is 0 Å². The van der Waals surface area contributed by atoms with Crippen LogP contribution in [0.2, 0.25) is 10.0 Å². The fourth-order valence-corrected chi connectivity index (χ4v) is 2.06. The normalized spacial score (nSPS) is 13.8. The van der Waals surface area contributed by atoms with Crippen molar-refractivity contribution in [1.82, 2.24) is 0 Å². The molecule has 0 heterocycles. The molecule has 0 radical (unpaired) electrons. The Morgan fingerprint density at radius 1 is 1.24 bits per heavy atom. The molecule has 0 saturated heterocycles. The second kappa shape index (κ2) is 6.08. The third kappa shape index (κ3) is 4.87. The van der Waals surface area contributed by atoms with Gasteiger partial charge >= 0.3 is 0 Å². The van der Waals surface area contributed by atoms with Crippen LogP contribution in [0.15, 0.2) is 18.2 Å². The van der Waals surface area contributed by atoms with Gasteiger partial charge in [0.25, 0.3) is 0 Å². The molecule has 0 aliphatic carbocycles. The molecule has 1 nitrogen and oxygen atoms in total. The highest BCUT2D eigenvalue weighted by atomic mass is 35.5. The van der Waals surface area contributed by atoms with Crippen molar-refractivity contribution >= 4 is 23.2 Å². The van der Waals surface area contributed by atoms with E-state index in [1.54, 1.807) is 6.07 Å². The van der Waals surface area contributed by atoms with E-state index < -0.39 is 0 Å². The van der Waals surface area contributed by atoms with Gasteiger partial charge in [-0.1, -0.05) is 44.0 Å². The summed E-state index contributed by atoms with van der Waals surface area (Å²) in [5.41, 5.74) is 0.998. The van der Waals surface area contributed by atoms with Crippen LogP contribution in [-0.2, 0) is 6.42 Å². The standard InChI is InChI=1S/C14H20Cl2O/c1-14(2,3)13(17)6-4-5-10-9-11(15)7-8-12(10)16/h7-9,13,17H,4-6H2,1-3H3. The minimum atomic E-state index is -0.277. The van der Waals surface area contributed by atoms with E-state index in [-0.39, 0.29) is 11.5 Å². The summed E-state index contributed by atoms with van der Waals surface area (Å²) >= 11 is 12.0. The van der Waals surface area contributed by atoms with Gasteiger partial charge < -0.3 is 5.11 Å². The molecule has 0 spiro atoms. The van der Waals surface area contributed by atoms with Crippen LogP contribution < -0.4 is 0 Å².